The van der Waals surface area contributed by atoms with E-state index in [2.05, 4.69) is 20.3 Å². The number of hydrogen-bond donors (Lipinski definition) is 3. The summed E-state index contributed by atoms with van der Waals surface area (Å²) in [7, 11) is 0. The summed E-state index contributed by atoms with van der Waals surface area (Å²) in [6, 6.07) is 4.11. The second-order valence-electron chi connectivity index (χ2n) is 6.88. The van der Waals surface area contributed by atoms with Gasteiger partial charge in [-0.25, -0.2) is 14.4 Å². The third-order valence-corrected chi connectivity index (χ3v) is 5.57. The lowest BCUT2D eigenvalue weighted by Crippen LogP contribution is -2.52. The highest BCUT2D eigenvalue weighted by molar-refractivity contribution is 6.36. The Balaban J connectivity index is 1.47. The van der Waals surface area contributed by atoms with Crippen molar-refractivity contribution < 1.29 is 9.18 Å². The van der Waals surface area contributed by atoms with Gasteiger partial charge in [-0.3, -0.25) is 4.79 Å². The van der Waals surface area contributed by atoms with Crippen LogP contribution in [0.15, 0.2) is 30.7 Å². The van der Waals surface area contributed by atoms with Crippen LogP contribution < -0.4 is 16.0 Å². The molecule has 7 nitrogen and oxygen atoms in total. The van der Waals surface area contributed by atoms with Crippen molar-refractivity contribution in [2.24, 2.45) is 5.73 Å². The smallest absolute Gasteiger partial charge is 0.252 e. The van der Waals surface area contributed by atoms with Gasteiger partial charge in [-0.15, -0.1) is 0 Å². The van der Waals surface area contributed by atoms with Gasteiger partial charge in [0.15, 0.2) is 0 Å². The monoisotopic (exact) mass is 422 g/mol. The highest BCUT2D eigenvalue weighted by Gasteiger charge is 2.36. The Morgan fingerprint density at radius 3 is 3.04 bits per heavy atom. The van der Waals surface area contributed by atoms with Gasteiger partial charge in [0, 0.05) is 25.8 Å². The molecule has 0 bridgehead atoms. The molecular formula is C18H17Cl2FN6O. The first-order valence-corrected chi connectivity index (χ1v) is 9.37. The summed E-state index contributed by atoms with van der Waals surface area (Å²) in [6.07, 6.45) is 3.77. The second kappa shape index (κ2) is 7.20. The third-order valence-electron chi connectivity index (χ3n) is 4.88. The van der Waals surface area contributed by atoms with Gasteiger partial charge in [-0.1, -0.05) is 29.3 Å². The number of nitrogens with zero attached hydrogens (tertiary/aromatic N) is 3. The fourth-order valence-electron chi connectivity index (χ4n) is 3.40. The number of nitrogens with one attached hydrogen (secondary N) is 2. The number of halogens is 3. The summed E-state index contributed by atoms with van der Waals surface area (Å²) in [6.45, 7) is 1.34. The SMILES string of the molecule is N[C@]1(CNC(=O)c2cccc(F)c2Cl)CCN(c2ncnc3[nH]cc(Cl)c23)C1. The van der Waals surface area contributed by atoms with Crippen molar-refractivity contribution >= 4 is 46.0 Å². The summed E-state index contributed by atoms with van der Waals surface area (Å²) >= 11 is 12.1. The van der Waals surface area contributed by atoms with E-state index in [0.717, 1.165) is 5.39 Å². The number of anilines is 1. The van der Waals surface area contributed by atoms with E-state index in [1.165, 1.54) is 24.5 Å². The van der Waals surface area contributed by atoms with Crippen molar-refractivity contribution in [1.29, 1.82) is 0 Å². The quantitative estimate of drug-likeness (QED) is 0.599. The van der Waals surface area contributed by atoms with E-state index in [-0.39, 0.29) is 17.1 Å². The van der Waals surface area contributed by atoms with E-state index in [1.54, 1.807) is 6.20 Å². The van der Waals surface area contributed by atoms with Crippen molar-refractivity contribution in [3.63, 3.8) is 0 Å². The zero-order chi connectivity index (χ0) is 19.9. The zero-order valence-corrected chi connectivity index (χ0v) is 16.2. The second-order valence-corrected chi connectivity index (χ2v) is 7.66. The predicted octanol–water partition coefficient (Wildman–Crippen LogP) is 2.74. The minimum absolute atomic E-state index is 0.0803. The summed E-state index contributed by atoms with van der Waals surface area (Å²) in [5.74, 6) is -0.408. The van der Waals surface area contributed by atoms with E-state index in [1.807, 2.05) is 4.90 Å². The largest absolute Gasteiger partial charge is 0.354 e. The van der Waals surface area contributed by atoms with Crippen LogP contribution in [0.1, 0.15) is 16.8 Å². The maximum Gasteiger partial charge on any atom is 0.252 e. The molecular weight excluding hydrogens is 406 g/mol. The molecule has 1 aromatic carbocycles. The van der Waals surface area contributed by atoms with Crippen molar-refractivity contribution in [1.82, 2.24) is 20.3 Å². The standard InChI is InChI=1S/C18H17Cl2FN6O/c19-11-6-23-15-13(11)16(26-9-25-15)27-5-4-18(22,8-27)7-24-17(28)10-2-1-3-12(21)14(10)20/h1-3,6,9H,4-5,7-8,22H2,(H,24,28)(H,23,25,26)/t18-/m0/s1. The summed E-state index contributed by atoms with van der Waals surface area (Å²) in [5, 5.41) is 3.83. The van der Waals surface area contributed by atoms with E-state index >= 15 is 0 Å². The average molecular weight is 423 g/mol. The molecule has 4 N–H and O–H groups in total. The highest BCUT2D eigenvalue weighted by Crippen LogP contribution is 2.33. The molecule has 4 rings (SSSR count). The van der Waals surface area contributed by atoms with Crippen LogP contribution in [0, 0.1) is 5.82 Å². The van der Waals surface area contributed by atoms with Crippen LogP contribution in [0.5, 0.6) is 0 Å². The molecule has 0 radical (unpaired) electrons. The van der Waals surface area contributed by atoms with Crippen molar-refractivity contribution in [2.75, 3.05) is 24.5 Å². The average Bonchev–Trinajstić information content (AvgIpc) is 3.26. The number of carbonyl (C=O) groups is 1. The minimum atomic E-state index is -0.671. The van der Waals surface area contributed by atoms with Gasteiger partial charge >= 0.3 is 0 Å². The molecule has 1 saturated heterocycles. The zero-order valence-electron chi connectivity index (χ0n) is 14.7. The molecule has 3 heterocycles. The summed E-state index contributed by atoms with van der Waals surface area (Å²) in [4.78, 5) is 25.9. The van der Waals surface area contributed by atoms with E-state index < -0.39 is 17.3 Å². The number of benzene rings is 1. The maximum atomic E-state index is 13.6. The minimum Gasteiger partial charge on any atom is -0.354 e. The predicted molar refractivity (Wildman–Crippen MR) is 106 cm³/mol. The highest BCUT2D eigenvalue weighted by atomic mass is 35.5. The Morgan fingerprint density at radius 1 is 1.39 bits per heavy atom. The van der Waals surface area contributed by atoms with Crippen LogP contribution >= 0.6 is 23.2 Å². The lowest BCUT2D eigenvalue weighted by atomic mass is 10.00. The molecule has 0 saturated carbocycles. The normalized spacial score (nSPS) is 19.4. The fraction of sp³-hybridized carbons (Fsp3) is 0.278. The number of rotatable bonds is 4. The number of carbonyl (C=O) groups excluding carboxylic acids is 1. The molecule has 0 unspecified atom stereocenters. The molecule has 1 atom stereocenters. The first-order chi connectivity index (χ1) is 13.4. The molecule has 146 valence electrons. The molecule has 1 fully saturated rings. The number of fused-ring (bicyclic) bond motifs is 1. The van der Waals surface area contributed by atoms with Crippen LogP contribution in [0.2, 0.25) is 10.0 Å². The molecule has 10 heteroatoms. The number of H-pyrrole nitrogens is 1. The topological polar surface area (TPSA) is 99.9 Å². The number of amides is 1. The molecule has 28 heavy (non-hydrogen) atoms. The van der Waals surface area contributed by atoms with E-state index in [0.29, 0.717) is 36.0 Å². The Morgan fingerprint density at radius 2 is 2.21 bits per heavy atom. The van der Waals surface area contributed by atoms with Gasteiger partial charge in [-0.2, -0.15) is 0 Å². The van der Waals surface area contributed by atoms with Crippen LogP contribution in [0.3, 0.4) is 0 Å². The Labute approximate surface area is 170 Å². The van der Waals surface area contributed by atoms with Crippen LogP contribution in [0.4, 0.5) is 10.2 Å². The van der Waals surface area contributed by atoms with Crippen LogP contribution in [0.25, 0.3) is 11.0 Å². The molecule has 1 aliphatic heterocycles. The molecule has 1 amide bonds. The Kier molecular flexibility index (Phi) is 4.86. The van der Waals surface area contributed by atoms with Crippen molar-refractivity contribution in [2.45, 2.75) is 12.0 Å². The maximum absolute atomic E-state index is 13.6. The third kappa shape index (κ3) is 3.39. The van der Waals surface area contributed by atoms with Crippen LogP contribution in [-0.2, 0) is 0 Å². The van der Waals surface area contributed by atoms with Gasteiger partial charge in [0.1, 0.15) is 23.6 Å². The Bertz CT molecular complexity index is 1060. The molecule has 0 aliphatic carbocycles. The molecule has 3 aromatic rings. The molecule has 1 aliphatic rings. The first kappa shape index (κ1) is 18.9. The van der Waals surface area contributed by atoms with Gasteiger partial charge in [0.25, 0.3) is 5.91 Å². The van der Waals surface area contributed by atoms with Crippen LogP contribution in [-0.4, -0.2) is 46.0 Å². The number of hydrogen-bond acceptors (Lipinski definition) is 5. The van der Waals surface area contributed by atoms with Crippen molar-refractivity contribution in [3.8, 4) is 0 Å². The summed E-state index contributed by atoms with van der Waals surface area (Å²) in [5.41, 5.74) is 6.55. The number of aromatic nitrogens is 3. The fourth-order valence-corrected chi connectivity index (χ4v) is 3.84. The van der Waals surface area contributed by atoms with Gasteiger partial charge in [0.2, 0.25) is 0 Å². The van der Waals surface area contributed by atoms with Gasteiger partial charge in [0.05, 0.1) is 26.5 Å². The lowest BCUT2D eigenvalue weighted by molar-refractivity contribution is 0.0944. The van der Waals surface area contributed by atoms with E-state index in [4.69, 9.17) is 28.9 Å². The number of aromatic amines is 1. The molecule has 2 aromatic heterocycles. The lowest BCUT2D eigenvalue weighted by Gasteiger charge is -2.25. The Hall–Kier alpha value is -2.42. The number of nitrogens with two attached hydrogens (primary N) is 1. The van der Waals surface area contributed by atoms with Gasteiger partial charge in [-0.05, 0) is 18.6 Å². The van der Waals surface area contributed by atoms with E-state index in [9.17, 15) is 9.18 Å². The summed E-state index contributed by atoms with van der Waals surface area (Å²) < 4.78 is 13.6. The van der Waals surface area contributed by atoms with Gasteiger partial charge < -0.3 is 20.9 Å². The first-order valence-electron chi connectivity index (χ1n) is 8.62. The molecule has 0 spiro atoms. The van der Waals surface area contributed by atoms with Crippen molar-refractivity contribution in [3.05, 3.63) is 52.1 Å².